The van der Waals surface area contributed by atoms with Crippen LogP contribution < -0.4 is 5.32 Å². The van der Waals surface area contributed by atoms with E-state index in [1.165, 1.54) is 0 Å². The molecule has 2 atom stereocenters. The number of carbonyl (C=O) groups is 1. The molecule has 0 aromatic heterocycles. The molecule has 6 heteroatoms. The van der Waals surface area contributed by atoms with Gasteiger partial charge in [0.1, 0.15) is 0 Å². The van der Waals surface area contributed by atoms with Crippen molar-refractivity contribution in [2.24, 2.45) is 0 Å². The van der Waals surface area contributed by atoms with Gasteiger partial charge in [-0.1, -0.05) is 12.2 Å². The van der Waals surface area contributed by atoms with Crippen LogP contribution in [0.4, 0.5) is 13.2 Å². The third-order valence-electron chi connectivity index (χ3n) is 2.45. The molecule has 0 aliphatic carbocycles. The van der Waals surface area contributed by atoms with Crippen molar-refractivity contribution in [3.8, 4) is 0 Å². The maximum absolute atomic E-state index is 12.2. The summed E-state index contributed by atoms with van der Waals surface area (Å²) < 4.78 is 36.5. The minimum absolute atomic E-state index is 0.398. The quantitative estimate of drug-likeness (QED) is 0.578. The predicted octanol–water partition coefficient (Wildman–Crippen LogP) is 0.287. The van der Waals surface area contributed by atoms with Crippen LogP contribution in [-0.4, -0.2) is 42.2 Å². The lowest BCUT2D eigenvalue weighted by atomic mass is 10.2. The van der Waals surface area contributed by atoms with Crippen LogP contribution in [0.5, 0.6) is 0 Å². The molecular formula is C8H9F3N2O. The van der Waals surface area contributed by atoms with Crippen molar-refractivity contribution >= 4 is 5.91 Å². The third-order valence-corrected chi connectivity index (χ3v) is 2.45. The third kappa shape index (κ3) is 1.39. The summed E-state index contributed by atoms with van der Waals surface area (Å²) in [6.45, 7) is 0.795. The zero-order valence-corrected chi connectivity index (χ0v) is 7.21. The van der Waals surface area contributed by atoms with Crippen molar-refractivity contribution in [3.05, 3.63) is 12.2 Å². The molecule has 1 amide bonds. The first-order valence-corrected chi connectivity index (χ1v) is 4.28. The molecule has 0 radical (unpaired) electrons. The molecule has 0 saturated carbocycles. The molecule has 14 heavy (non-hydrogen) atoms. The van der Waals surface area contributed by atoms with E-state index in [2.05, 4.69) is 5.32 Å². The maximum Gasteiger partial charge on any atom is 0.471 e. The van der Waals surface area contributed by atoms with Gasteiger partial charge in [0, 0.05) is 13.1 Å². The van der Waals surface area contributed by atoms with Crippen LogP contribution in [0.2, 0.25) is 0 Å². The topological polar surface area (TPSA) is 32.3 Å². The highest BCUT2D eigenvalue weighted by atomic mass is 19.4. The average molecular weight is 206 g/mol. The normalized spacial score (nSPS) is 30.9. The van der Waals surface area contributed by atoms with Gasteiger partial charge in [-0.15, -0.1) is 0 Å². The first-order valence-electron chi connectivity index (χ1n) is 4.28. The summed E-state index contributed by atoms with van der Waals surface area (Å²) in [5.41, 5.74) is 0. The Labute approximate surface area is 78.6 Å². The zero-order chi connectivity index (χ0) is 10.3. The van der Waals surface area contributed by atoms with Gasteiger partial charge in [0.05, 0.1) is 12.1 Å². The molecule has 1 fully saturated rings. The van der Waals surface area contributed by atoms with Gasteiger partial charge in [0.25, 0.3) is 0 Å². The Bertz CT molecular complexity index is 273. The van der Waals surface area contributed by atoms with E-state index in [1.54, 1.807) is 12.2 Å². The number of rotatable bonds is 0. The fraction of sp³-hybridized carbons (Fsp3) is 0.625. The van der Waals surface area contributed by atoms with E-state index in [9.17, 15) is 18.0 Å². The number of hydrogen-bond donors (Lipinski definition) is 1. The van der Waals surface area contributed by atoms with Gasteiger partial charge in [-0.2, -0.15) is 13.2 Å². The number of nitrogens with zero attached hydrogens (tertiary/aromatic N) is 1. The minimum Gasteiger partial charge on any atom is -0.319 e. The fourth-order valence-electron chi connectivity index (χ4n) is 1.85. The van der Waals surface area contributed by atoms with E-state index in [-0.39, 0.29) is 0 Å². The van der Waals surface area contributed by atoms with Gasteiger partial charge in [-0.25, -0.2) is 0 Å². The molecular weight excluding hydrogens is 197 g/mol. The summed E-state index contributed by atoms with van der Waals surface area (Å²) in [6.07, 6.45) is -1.47. The fourth-order valence-corrected chi connectivity index (χ4v) is 1.85. The smallest absolute Gasteiger partial charge is 0.319 e. The van der Waals surface area contributed by atoms with Crippen molar-refractivity contribution in [1.82, 2.24) is 10.2 Å². The predicted molar refractivity (Wildman–Crippen MR) is 42.5 cm³/mol. The number of halogens is 3. The Morgan fingerprint density at radius 1 is 1.29 bits per heavy atom. The zero-order valence-electron chi connectivity index (χ0n) is 7.21. The number of nitrogens with one attached hydrogen (secondary N) is 1. The van der Waals surface area contributed by atoms with E-state index in [1.807, 2.05) is 0 Å². The summed E-state index contributed by atoms with van der Waals surface area (Å²) in [4.78, 5) is 11.9. The van der Waals surface area contributed by atoms with Crippen LogP contribution in [0, 0.1) is 0 Å². The summed E-state index contributed by atoms with van der Waals surface area (Å²) >= 11 is 0. The summed E-state index contributed by atoms with van der Waals surface area (Å²) in [5.74, 6) is -1.74. The molecule has 1 N–H and O–H groups in total. The van der Waals surface area contributed by atoms with E-state index in [0.717, 1.165) is 4.90 Å². The molecule has 2 unspecified atom stereocenters. The number of hydrogen-bond acceptors (Lipinski definition) is 2. The Balaban J connectivity index is 2.17. The van der Waals surface area contributed by atoms with Crippen LogP contribution in [0.1, 0.15) is 0 Å². The van der Waals surface area contributed by atoms with Crippen molar-refractivity contribution in [2.45, 2.75) is 18.3 Å². The van der Waals surface area contributed by atoms with Crippen molar-refractivity contribution in [3.63, 3.8) is 0 Å². The molecule has 2 bridgehead atoms. The lowest BCUT2D eigenvalue weighted by Crippen LogP contribution is -2.58. The van der Waals surface area contributed by atoms with Crippen molar-refractivity contribution in [2.75, 3.05) is 13.1 Å². The van der Waals surface area contributed by atoms with E-state index >= 15 is 0 Å². The van der Waals surface area contributed by atoms with E-state index in [4.69, 9.17) is 0 Å². The highest BCUT2D eigenvalue weighted by molar-refractivity contribution is 5.83. The Morgan fingerprint density at radius 2 is 1.79 bits per heavy atom. The Hall–Kier alpha value is -1.04. The van der Waals surface area contributed by atoms with Crippen molar-refractivity contribution < 1.29 is 18.0 Å². The Morgan fingerprint density at radius 3 is 2.21 bits per heavy atom. The van der Waals surface area contributed by atoms with E-state index < -0.39 is 24.2 Å². The molecule has 2 aliphatic rings. The van der Waals surface area contributed by atoms with Gasteiger partial charge in [0.15, 0.2) is 0 Å². The van der Waals surface area contributed by atoms with Gasteiger partial charge >= 0.3 is 12.1 Å². The number of carbonyl (C=O) groups excluding carboxylic acids is 1. The first-order chi connectivity index (χ1) is 6.50. The van der Waals surface area contributed by atoms with Crippen LogP contribution in [0.25, 0.3) is 0 Å². The van der Waals surface area contributed by atoms with Gasteiger partial charge in [-0.05, 0) is 0 Å². The lowest BCUT2D eigenvalue weighted by molar-refractivity contribution is -0.188. The molecule has 0 aromatic carbocycles. The van der Waals surface area contributed by atoms with Gasteiger partial charge in [0.2, 0.25) is 0 Å². The SMILES string of the molecule is O=C(N1C2C=CC1CNC2)C(F)(F)F. The highest BCUT2D eigenvalue weighted by Gasteiger charge is 2.48. The molecule has 2 rings (SSSR count). The second-order valence-corrected chi connectivity index (χ2v) is 3.39. The average Bonchev–Trinajstić information content (AvgIpc) is 2.32. The number of amides is 1. The minimum atomic E-state index is -4.76. The summed E-state index contributed by atoms with van der Waals surface area (Å²) in [7, 11) is 0. The molecule has 2 aliphatic heterocycles. The maximum atomic E-state index is 12.2. The molecule has 0 aromatic rings. The second-order valence-electron chi connectivity index (χ2n) is 3.39. The molecule has 3 nitrogen and oxygen atoms in total. The Kier molecular flexibility index (Phi) is 2.02. The first kappa shape index (κ1) is 9.51. The monoisotopic (exact) mass is 206 g/mol. The van der Waals surface area contributed by atoms with Crippen molar-refractivity contribution in [1.29, 1.82) is 0 Å². The molecule has 1 saturated heterocycles. The van der Waals surface area contributed by atoms with Crippen LogP contribution in [0.3, 0.4) is 0 Å². The molecule has 2 heterocycles. The number of fused-ring (bicyclic) bond motifs is 2. The second kappa shape index (κ2) is 2.98. The van der Waals surface area contributed by atoms with Crippen LogP contribution in [0.15, 0.2) is 12.2 Å². The lowest BCUT2D eigenvalue weighted by Gasteiger charge is -2.35. The van der Waals surface area contributed by atoms with Crippen LogP contribution in [-0.2, 0) is 4.79 Å². The number of alkyl halides is 3. The van der Waals surface area contributed by atoms with Crippen LogP contribution >= 0.6 is 0 Å². The molecule has 0 spiro atoms. The standard InChI is InChI=1S/C8H9F3N2O/c9-8(10,11)7(14)13-5-1-2-6(13)4-12-3-5/h1-2,5-6,12H,3-4H2. The highest BCUT2D eigenvalue weighted by Crippen LogP contribution is 2.27. The summed E-state index contributed by atoms with van der Waals surface area (Å²) in [5, 5.41) is 2.96. The number of piperazine rings is 1. The summed E-state index contributed by atoms with van der Waals surface area (Å²) in [6, 6.07) is -0.884. The molecule has 78 valence electrons. The van der Waals surface area contributed by atoms with E-state index in [0.29, 0.717) is 13.1 Å². The largest absolute Gasteiger partial charge is 0.471 e. The van der Waals surface area contributed by atoms with Gasteiger partial charge in [-0.3, -0.25) is 4.79 Å². The van der Waals surface area contributed by atoms with Gasteiger partial charge < -0.3 is 10.2 Å².